The van der Waals surface area contributed by atoms with Crippen LogP contribution in [-0.4, -0.2) is 35.6 Å². The number of benzene rings is 1. The Morgan fingerprint density at radius 2 is 2.19 bits per heavy atom. The van der Waals surface area contributed by atoms with Gasteiger partial charge in [-0.15, -0.1) is 11.3 Å². The van der Waals surface area contributed by atoms with Crippen LogP contribution in [0.2, 0.25) is 0 Å². The van der Waals surface area contributed by atoms with Gasteiger partial charge in [-0.1, -0.05) is 12.1 Å². The molecule has 2 aliphatic heterocycles. The first-order valence-electron chi connectivity index (χ1n) is 8.06. The molecular weight excluding hydrogens is 354 g/mol. The van der Waals surface area contributed by atoms with Gasteiger partial charge in [0.2, 0.25) is 0 Å². The third-order valence-corrected chi connectivity index (χ3v) is 5.35. The minimum Gasteiger partial charge on any atom is -0.504 e. The third kappa shape index (κ3) is 2.78. The maximum atomic E-state index is 13.0. The quantitative estimate of drug-likeness (QED) is 0.768. The van der Waals surface area contributed by atoms with Gasteiger partial charge in [-0.2, -0.15) is 0 Å². The monoisotopic (exact) mass is 371 g/mol. The Kier molecular flexibility index (Phi) is 4.04. The van der Waals surface area contributed by atoms with Crippen molar-refractivity contribution in [1.82, 2.24) is 15.5 Å². The molecule has 3 heterocycles. The van der Waals surface area contributed by atoms with Crippen LogP contribution in [0.5, 0.6) is 11.5 Å². The Hall–Kier alpha value is -3.00. The highest BCUT2D eigenvalue weighted by molar-refractivity contribution is 7.09. The van der Waals surface area contributed by atoms with Gasteiger partial charge >= 0.3 is 6.03 Å². The molecule has 1 aromatic heterocycles. The van der Waals surface area contributed by atoms with Crippen LogP contribution in [0.25, 0.3) is 0 Å². The number of methoxy groups -OCH3 is 1. The molecule has 0 saturated heterocycles. The zero-order valence-corrected chi connectivity index (χ0v) is 14.8. The Balaban J connectivity index is 1.67. The van der Waals surface area contributed by atoms with Crippen LogP contribution in [0.15, 0.2) is 47.0 Å². The smallest absolute Gasteiger partial charge is 0.319 e. The summed E-state index contributed by atoms with van der Waals surface area (Å²) in [5, 5.41) is 17.3. The number of urea groups is 1. The molecule has 26 heavy (non-hydrogen) atoms. The Morgan fingerprint density at radius 1 is 1.35 bits per heavy atom. The van der Waals surface area contributed by atoms with E-state index in [4.69, 9.17) is 4.74 Å². The van der Waals surface area contributed by atoms with Crippen molar-refractivity contribution in [3.05, 3.63) is 57.4 Å². The standard InChI is InChI=1S/C18H17N3O4S/c1-25-14-7-10(4-5-13(14)22)16-15-12(19-18(24)20-16)9-21(17(15)23)8-11-3-2-6-26-11/h2-7,16,22H,8-9H2,1H3,(H2,19,20,24). The normalized spacial score (nSPS) is 19.3. The van der Waals surface area contributed by atoms with Gasteiger partial charge in [0.1, 0.15) is 0 Å². The molecule has 1 aromatic carbocycles. The van der Waals surface area contributed by atoms with E-state index in [2.05, 4.69) is 10.6 Å². The average Bonchev–Trinajstić information content (AvgIpc) is 3.23. The number of hydrogen-bond donors (Lipinski definition) is 3. The number of phenolic OH excluding ortho intramolecular Hbond substituents is 1. The van der Waals surface area contributed by atoms with Crippen molar-refractivity contribution in [2.45, 2.75) is 12.6 Å². The maximum Gasteiger partial charge on any atom is 0.319 e. The zero-order valence-electron chi connectivity index (χ0n) is 14.0. The van der Waals surface area contributed by atoms with Crippen LogP contribution >= 0.6 is 11.3 Å². The van der Waals surface area contributed by atoms with E-state index in [0.717, 1.165) is 4.88 Å². The lowest BCUT2D eigenvalue weighted by Crippen LogP contribution is -2.44. The summed E-state index contributed by atoms with van der Waals surface area (Å²) in [6, 6.07) is 7.78. The molecule has 3 N–H and O–H groups in total. The number of amides is 3. The fourth-order valence-corrected chi connectivity index (χ4v) is 3.99. The van der Waals surface area contributed by atoms with Crippen molar-refractivity contribution in [1.29, 1.82) is 0 Å². The van der Waals surface area contributed by atoms with Crippen LogP contribution in [0.1, 0.15) is 16.5 Å². The molecule has 0 saturated carbocycles. The molecule has 8 heteroatoms. The van der Waals surface area contributed by atoms with Crippen molar-refractivity contribution >= 4 is 23.3 Å². The first-order valence-corrected chi connectivity index (χ1v) is 8.94. The second-order valence-corrected chi connectivity index (χ2v) is 7.13. The predicted molar refractivity (Wildman–Crippen MR) is 95.8 cm³/mol. The number of aromatic hydroxyl groups is 1. The van der Waals surface area contributed by atoms with E-state index in [0.29, 0.717) is 35.7 Å². The summed E-state index contributed by atoms with van der Waals surface area (Å²) in [7, 11) is 1.45. The van der Waals surface area contributed by atoms with E-state index in [-0.39, 0.29) is 17.7 Å². The van der Waals surface area contributed by atoms with Crippen molar-refractivity contribution in [3.8, 4) is 11.5 Å². The highest BCUT2D eigenvalue weighted by Crippen LogP contribution is 2.36. The fourth-order valence-electron chi connectivity index (χ4n) is 3.27. The molecule has 0 aliphatic carbocycles. The largest absolute Gasteiger partial charge is 0.504 e. The number of hydrogen-bond acceptors (Lipinski definition) is 5. The van der Waals surface area contributed by atoms with Gasteiger partial charge < -0.3 is 25.4 Å². The minimum absolute atomic E-state index is 0.00258. The lowest BCUT2D eigenvalue weighted by molar-refractivity contribution is -0.126. The minimum atomic E-state index is -0.589. The number of thiophene rings is 1. The first kappa shape index (κ1) is 16.5. The number of nitrogens with one attached hydrogen (secondary N) is 2. The van der Waals surface area contributed by atoms with Crippen LogP contribution < -0.4 is 15.4 Å². The molecule has 1 atom stereocenters. The first-order chi connectivity index (χ1) is 12.6. The van der Waals surface area contributed by atoms with E-state index < -0.39 is 6.04 Å². The molecular formula is C18H17N3O4S. The number of nitrogens with zero attached hydrogens (tertiary/aromatic N) is 1. The van der Waals surface area contributed by atoms with Gasteiger partial charge in [-0.05, 0) is 29.1 Å². The summed E-state index contributed by atoms with van der Waals surface area (Å²) in [6.07, 6.45) is 0. The van der Waals surface area contributed by atoms with E-state index in [9.17, 15) is 14.7 Å². The summed E-state index contributed by atoms with van der Waals surface area (Å²) in [5.74, 6) is 0.180. The van der Waals surface area contributed by atoms with Gasteiger partial charge in [-0.3, -0.25) is 4.79 Å². The molecule has 3 amide bonds. The van der Waals surface area contributed by atoms with Crippen LogP contribution in [0.4, 0.5) is 4.79 Å². The van der Waals surface area contributed by atoms with Crippen molar-refractivity contribution < 1.29 is 19.4 Å². The van der Waals surface area contributed by atoms with Crippen molar-refractivity contribution in [3.63, 3.8) is 0 Å². The van der Waals surface area contributed by atoms with E-state index in [1.807, 2.05) is 17.5 Å². The second-order valence-electron chi connectivity index (χ2n) is 6.10. The number of carbonyl (C=O) groups is 2. The summed E-state index contributed by atoms with van der Waals surface area (Å²) in [4.78, 5) is 27.9. The number of ether oxygens (including phenoxy) is 1. The van der Waals surface area contributed by atoms with Crippen LogP contribution in [-0.2, 0) is 11.3 Å². The van der Waals surface area contributed by atoms with E-state index in [1.54, 1.807) is 28.4 Å². The summed E-state index contributed by atoms with van der Waals surface area (Å²) in [5.41, 5.74) is 1.81. The van der Waals surface area contributed by atoms with Gasteiger partial charge in [-0.25, -0.2) is 4.79 Å². The second kappa shape index (κ2) is 6.38. The molecule has 4 rings (SSSR count). The molecule has 1 unspecified atom stereocenters. The Bertz CT molecular complexity index is 907. The Labute approximate surface area is 153 Å². The molecule has 2 aliphatic rings. The predicted octanol–water partition coefficient (Wildman–Crippen LogP) is 2.11. The molecule has 0 spiro atoms. The summed E-state index contributed by atoms with van der Waals surface area (Å²) in [6.45, 7) is 0.871. The molecule has 2 aromatic rings. The van der Waals surface area contributed by atoms with Gasteiger partial charge in [0.05, 0.1) is 37.5 Å². The number of phenols is 1. The van der Waals surface area contributed by atoms with Gasteiger partial charge in [0.25, 0.3) is 5.91 Å². The molecule has 134 valence electrons. The van der Waals surface area contributed by atoms with Crippen molar-refractivity contribution in [2.75, 3.05) is 13.7 Å². The highest BCUT2D eigenvalue weighted by Gasteiger charge is 2.40. The van der Waals surface area contributed by atoms with Crippen LogP contribution in [0.3, 0.4) is 0 Å². The SMILES string of the molecule is COc1cc(C2NC(=O)NC3=C2C(=O)N(Cc2cccs2)C3)ccc1O. The van der Waals surface area contributed by atoms with Gasteiger partial charge in [0.15, 0.2) is 11.5 Å². The number of rotatable bonds is 4. The molecule has 7 nitrogen and oxygen atoms in total. The summed E-state index contributed by atoms with van der Waals surface area (Å²) < 4.78 is 5.14. The molecule has 0 radical (unpaired) electrons. The molecule has 0 fully saturated rings. The van der Waals surface area contributed by atoms with Gasteiger partial charge in [0, 0.05) is 4.88 Å². The topological polar surface area (TPSA) is 90.9 Å². The van der Waals surface area contributed by atoms with Crippen LogP contribution in [0, 0.1) is 0 Å². The third-order valence-electron chi connectivity index (χ3n) is 4.48. The average molecular weight is 371 g/mol. The van der Waals surface area contributed by atoms with E-state index in [1.165, 1.54) is 13.2 Å². The van der Waals surface area contributed by atoms with Crippen molar-refractivity contribution in [2.24, 2.45) is 0 Å². The maximum absolute atomic E-state index is 13.0. The Morgan fingerprint density at radius 3 is 2.92 bits per heavy atom. The lowest BCUT2D eigenvalue weighted by Gasteiger charge is -2.26. The lowest BCUT2D eigenvalue weighted by atomic mass is 9.96. The fraction of sp³-hybridized carbons (Fsp3) is 0.222. The number of carbonyl (C=O) groups excluding carboxylic acids is 2. The highest BCUT2D eigenvalue weighted by atomic mass is 32.1. The molecule has 0 bridgehead atoms. The summed E-state index contributed by atoms with van der Waals surface area (Å²) >= 11 is 1.59. The zero-order chi connectivity index (χ0) is 18.3. The van der Waals surface area contributed by atoms with E-state index >= 15 is 0 Å².